The number of piperazine rings is 1. The van der Waals surface area contributed by atoms with Gasteiger partial charge < -0.3 is 19.5 Å². The van der Waals surface area contributed by atoms with E-state index in [1.165, 1.54) is 30.3 Å². The first-order valence-electron chi connectivity index (χ1n) is 12.3. The Morgan fingerprint density at radius 3 is 2.49 bits per heavy atom. The second-order valence-corrected chi connectivity index (χ2v) is 9.50. The number of carbonyl (C=O) groups is 3. The topological polar surface area (TPSA) is 98.8 Å². The molecule has 1 aliphatic rings. The first kappa shape index (κ1) is 26.3. The summed E-state index contributed by atoms with van der Waals surface area (Å²) in [5, 5.41) is 0.391. The lowest BCUT2D eigenvalue weighted by molar-refractivity contribution is -0.125. The zero-order valence-corrected chi connectivity index (χ0v) is 21.7. The number of methoxy groups -OCH3 is 1. The summed E-state index contributed by atoms with van der Waals surface area (Å²) in [5.74, 6) is -1.69. The molecule has 2 amide bonds. The summed E-state index contributed by atoms with van der Waals surface area (Å²) in [4.78, 5) is 51.8. The molecule has 10 heteroatoms. The Kier molecular flexibility index (Phi) is 7.58. The van der Waals surface area contributed by atoms with Crippen molar-refractivity contribution in [1.82, 2.24) is 24.7 Å². The van der Waals surface area contributed by atoms with Crippen molar-refractivity contribution in [2.75, 3.05) is 33.8 Å². The van der Waals surface area contributed by atoms with E-state index in [0.29, 0.717) is 37.2 Å². The number of pyridine rings is 1. The fourth-order valence-corrected chi connectivity index (χ4v) is 4.64. The van der Waals surface area contributed by atoms with E-state index in [2.05, 4.69) is 14.9 Å². The molecule has 1 aromatic carbocycles. The molecule has 3 aromatic rings. The number of benzene rings is 1. The number of H-pyrrole nitrogens is 1. The van der Waals surface area contributed by atoms with Gasteiger partial charge in [-0.05, 0) is 44.5 Å². The molecule has 1 saturated heterocycles. The molecule has 1 aliphatic heterocycles. The van der Waals surface area contributed by atoms with E-state index >= 15 is 0 Å². The van der Waals surface area contributed by atoms with E-state index in [1.807, 2.05) is 13.8 Å². The Labute approximate surface area is 215 Å². The summed E-state index contributed by atoms with van der Waals surface area (Å²) in [5.41, 5.74) is 1.75. The predicted octanol–water partition coefficient (Wildman–Crippen LogP) is 3.11. The molecule has 0 aliphatic carbocycles. The molecule has 2 aromatic heterocycles. The zero-order chi connectivity index (χ0) is 26.9. The van der Waals surface area contributed by atoms with Gasteiger partial charge in [-0.15, -0.1) is 0 Å². The van der Waals surface area contributed by atoms with Crippen molar-refractivity contribution in [3.63, 3.8) is 0 Å². The second-order valence-electron chi connectivity index (χ2n) is 9.50. The molecule has 3 heterocycles. The predicted molar refractivity (Wildman–Crippen MR) is 137 cm³/mol. The van der Waals surface area contributed by atoms with Crippen LogP contribution < -0.4 is 4.74 Å². The van der Waals surface area contributed by atoms with E-state index < -0.39 is 11.7 Å². The third-order valence-corrected chi connectivity index (χ3v) is 6.99. The molecule has 0 saturated carbocycles. The van der Waals surface area contributed by atoms with Crippen LogP contribution in [0.25, 0.3) is 11.0 Å². The first-order valence-corrected chi connectivity index (χ1v) is 12.3. The highest BCUT2D eigenvalue weighted by atomic mass is 19.1. The van der Waals surface area contributed by atoms with Crippen LogP contribution in [0, 0.1) is 5.82 Å². The van der Waals surface area contributed by atoms with Crippen molar-refractivity contribution in [3.05, 3.63) is 59.0 Å². The number of aromatic nitrogens is 2. The van der Waals surface area contributed by atoms with Gasteiger partial charge in [-0.3, -0.25) is 19.3 Å². The average molecular weight is 510 g/mol. The van der Waals surface area contributed by atoms with Crippen LogP contribution in [0.15, 0.2) is 36.5 Å². The van der Waals surface area contributed by atoms with E-state index in [9.17, 15) is 18.8 Å². The maximum atomic E-state index is 13.7. The Morgan fingerprint density at radius 2 is 1.84 bits per heavy atom. The third kappa shape index (κ3) is 5.20. The number of aromatic amines is 1. The van der Waals surface area contributed by atoms with Crippen molar-refractivity contribution >= 4 is 28.6 Å². The summed E-state index contributed by atoms with van der Waals surface area (Å²) < 4.78 is 18.7. The molecule has 1 N–H and O–H groups in total. The van der Waals surface area contributed by atoms with Gasteiger partial charge in [-0.1, -0.05) is 12.1 Å². The number of Topliss-reactive ketones (excluding diaryl/α,β-unsaturated/α-hetero) is 1. The summed E-state index contributed by atoms with van der Waals surface area (Å²) >= 11 is 0. The first-order chi connectivity index (χ1) is 17.6. The molecule has 0 radical (unpaired) electrons. The van der Waals surface area contributed by atoms with Crippen molar-refractivity contribution < 1.29 is 23.5 Å². The lowest BCUT2D eigenvalue weighted by atomic mass is 10.0. The van der Waals surface area contributed by atoms with Crippen LogP contribution in [-0.2, 0) is 11.3 Å². The number of rotatable bonds is 7. The van der Waals surface area contributed by atoms with Crippen LogP contribution in [-0.4, -0.2) is 88.1 Å². The highest BCUT2D eigenvalue weighted by molar-refractivity contribution is 6.44. The van der Waals surface area contributed by atoms with Crippen LogP contribution in [0.1, 0.15) is 47.1 Å². The van der Waals surface area contributed by atoms with Gasteiger partial charge in [0.05, 0.1) is 12.7 Å². The smallest absolute Gasteiger partial charge is 0.294 e. The number of ketones is 1. The SMILES string of the molecule is CCN(C)C(=O)C(=O)c1c[nH]c2nc(OC)c(C(=O)N3C[C@H](C)N(Cc4ccc(F)cc4)C[C@H]3C)cc12. The number of fused-ring (bicyclic) bond motifs is 1. The number of amides is 2. The number of nitrogens with zero attached hydrogens (tertiary/aromatic N) is 4. The summed E-state index contributed by atoms with van der Waals surface area (Å²) in [6.45, 7) is 7.96. The van der Waals surface area contributed by atoms with Gasteiger partial charge in [0.25, 0.3) is 17.6 Å². The molecule has 4 rings (SSSR count). The minimum atomic E-state index is -0.669. The van der Waals surface area contributed by atoms with Crippen molar-refractivity contribution in [2.45, 2.75) is 39.4 Å². The minimum absolute atomic E-state index is 0.0551. The average Bonchev–Trinajstić information content (AvgIpc) is 3.32. The molecule has 0 bridgehead atoms. The third-order valence-electron chi connectivity index (χ3n) is 6.99. The largest absolute Gasteiger partial charge is 0.480 e. The summed E-state index contributed by atoms with van der Waals surface area (Å²) in [6.07, 6.45) is 1.44. The van der Waals surface area contributed by atoms with Crippen molar-refractivity contribution in [2.24, 2.45) is 0 Å². The molecule has 0 spiro atoms. The molecule has 1 fully saturated rings. The molecule has 2 atom stereocenters. The lowest BCUT2D eigenvalue weighted by Crippen LogP contribution is -2.57. The fraction of sp³-hybridized carbons (Fsp3) is 0.407. The number of ether oxygens (including phenoxy) is 1. The lowest BCUT2D eigenvalue weighted by Gasteiger charge is -2.44. The van der Waals surface area contributed by atoms with Crippen LogP contribution in [0.4, 0.5) is 4.39 Å². The Morgan fingerprint density at radius 1 is 1.14 bits per heavy atom. The van der Waals surface area contributed by atoms with Crippen LogP contribution >= 0.6 is 0 Å². The number of hydrogen-bond acceptors (Lipinski definition) is 6. The highest BCUT2D eigenvalue weighted by Crippen LogP contribution is 2.28. The van der Waals surface area contributed by atoms with Gasteiger partial charge in [0.1, 0.15) is 17.0 Å². The van der Waals surface area contributed by atoms with Crippen molar-refractivity contribution in [1.29, 1.82) is 0 Å². The van der Waals surface area contributed by atoms with Crippen molar-refractivity contribution in [3.8, 4) is 5.88 Å². The summed E-state index contributed by atoms with van der Waals surface area (Å²) in [6, 6.07) is 7.97. The normalized spacial score (nSPS) is 18.2. The molecule has 9 nitrogen and oxygen atoms in total. The van der Waals surface area contributed by atoms with Crippen LogP contribution in [0.3, 0.4) is 0 Å². The number of hydrogen-bond donors (Lipinski definition) is 1. The summed E-state index contributed by atoms with van der Waals surface area (Å²) in [7, 11) is 3.00. The molecule has 37 heavy (non-hydrogen) atoms. The molecule has 0 unspecified atom stereocenters. The van der Waals surface area contributed by atoms with E-state index in [-0.39, 0.29) is 40.8 Å². The molecular weight excluding hydrogens is 477 g/mol. The van der Waals surface area contributed by atoms with Gasteiger partial charge >= 0.3 is 0 Å². The maximum Gasteiger partial charge on any atom is 0.294 e. The second kappa shape index (κ2) is 10.7. The Hall–Kier alpha value is -3.79. The number of halogens is 1. The number of likely N-dealkylation sites (N-methyl/N-ethyl adjacent to an activating group) is 1. The van der Waals surface area contributed by atoms with Gasteiger partial charge in [0.15, 0.2) is 0 Å². The zero-order valence-electron chi connectivity index (χ0n) is 21.7. The highest BCUT2D eigenvalue weighted by Gasteiger charge is 2.34. The Bertz CT molecular complexity index is 1320. The fourth-order valence-electron chi connectivity index (χ4n) is 4.64. The van der Waals surface area contributed by atoms with E-state index in [0.717, 1.165) is 5.56 Å². The molecular formula is C27H32FN5O4. The van der Waals surface area contributed by atoms with E-state index in [1.54, 1.807) is 37.1 Å². The number of carbonyl (C=O) groups excluding carboxylic acids is 3. The van der Waals surface area contributed by atoms with Crippen LogP contribution in [0.2, 0.25) is 0 Å². The van der Waals surface area contributed by atoms with Crippen LogP contribution in [0.5, 0.6) is 5.88 Å². The monoisotopic (exact) mass is 509 g/mol. The minimum Gasteiger partial charge on any atom is -0.480 e. The standard InChI is InChI=1S/C27H32FN5O4/c1-6-31(4)27(36)23(34)22-12-29-24-20(22)11-21(25(30-24)37-5)26(35)33-14-16(2)32(13-17(33)3)15-18-7-9-19(28)10-8-18/h7-12,16-17H,6,13-15H2,1-5H3,(H,29,30)/t16-,17+/m0/s1. The van der Waals surface area contributed by atoms with Gasteiger partial charge in [0, 0.05) is 56.9 Å². The van der Waals surface area contributed by atoms with Gasteiger partial charge in [0.2, 0.25) is 5.88 Å². The Balaban J connectivity index is 1.60. The maximum absolute atomic E-state index is 13.7. The number of nitrogens with one attached hydrogen (secondary N) is 1. The van der Waals surface area contributed by atoms with Gasteiger partial charge in [-0.25, -0.2) is 4.39 Å². The van der Waals surface area contributed by atoms with Gasteiger partial charge in [-0.2, -0.15) is 4.98 Å². The van der Waals surface area contributed by atoms with E-state index in [4.69, 9.17) is 4.74 Å². The molecule has 196 valence electrons. The quantitative estimate of drug-likeness (QED) is 0.388.